The lowest BCUT2D eigenvalue weighted by Crippen LogP contribution is -2.51. The Kier molecular flexibility index (Phi) is 21.0. The van der Waals surface area contributed by atoms with Crippen molar-refractivity contribution in [2.24, 2.45) is 17.8 Å². The van der Waals surface area contributed by atoms with Crippen molar-refractivity contribution in [3.05, 3.63) is 48.0 Å². The van der Waals surface area contributed by atoms with Gasteiger partial charge in [0.2, 0.25) is 17.7 Å². The first-order valence-corrected chi connectivity index (χ1v) is 23.9. The van der Waals surface area contributed by atoms with Gasteiger partial charge in [0.05, 0.1) is 26.2 Å². The van der Waals surface area contributed by atoms with Crippen LogP contribution in [0.15, 0.2) is 42.5 Å². The van der Waals surface area contributed by atoms with E-state index in [1.165, 1.54) is 0 Å². The second kappa shape index (κ2) is 27.0. The van der Waals surface area contributed by atoms with E-state index in [-0.39, 0.29) is 134 Å². The van der Waals surface area contributed by atoms with E-state index in [0.717, 1.165) is 16.3 Å². The fourth-order valence-electron chi connectivity index (χ4n) is 9.22. The number of carboxylic acids is 6. The lowest BCUT2D eigenvalue weighted by atomic mass is 10.0. The molecule has 2 aromatic carbocycles. The van der Waals surface area contributed by atoms with Crippen molar-refractivity contribution in [3.8, 4) is 0 Å². The molecule has 25 heteroatoms. The summed E-state index contributed by atoms with van der Waals surface area (Å²) in [5, 5.41) is 68.4. The number of piperidine rings is 1. The molecule has 0 radical (unpaired) electrons. The van der Waals surface area contributed by atoms with Gasteiger partial charge in [-0.25, -0.2) is 14.4 Å². The van der Waals surface area contributed by atoms with Crippen molar-refractivity contribution in [1.82, 2.24) is 45.8 Å². The minimum Gasteiger partial charge on any atom is -0.481 e. The van der Waals surface area contributed by atoms with Gasteiger partial charge in [-0.15, -0.1) is 0 Å². The number of hydrogen-bond donors (Lipinski definition) is 10. The first-order valence-electron chi connectivity index (χ1n) is 23.9. The first kappa shape index (κ1) is 56.0. The second-order valence-corrected chi connectivity index (χ2v) is 18.5. The number of benzene rings is 2. The number of unbranched alkanes of at least 4 members (excludes halogenated alkanes) is 1. The number of carbonyl (C=O) groups excluding carboxylic acids is 4. The van der Waals surface area contributed by atoms with E-state index < -0.39 is 84.6 Å². The fourth-order valence-corrected chi connectivity index (χ4v) is 9.22. The van der Waals surface area contributed by atoms with Gasteiger partial charge in [-0.05, 0) is 53.9 Å². The van der Waals surface area contributed by atoms with Crippen LogP contribution in [0, 0.1) is 17.8 Å². The Morgan fingerprint density at radius 1 is 0.542 bits per heavy atom. The number of amides is 5. The monoisotopic (exact) mass is 1010 g/mol. The predicted molar refractivity (Wildman–Crippen MR) is 254 cm³/mol. The maximum absolute atomic E-state index is 13.9. The molecule has 5 amide bonds. The summed E-state index contributed by atoms with van der Waals surface area (Å²) in [5.74, 6) is -9.16. The van der Waals surface area contributed by atoms with Gasteiger partial charge in [0.1, 0.15) is 18.1 Å². The molecule has 2 aromatic rings. The minimum absolute atomic E-state index is 0.0382. The third-order valence-electron chi connectivity index (χ3n) is 13.2. The molecule has 1 saturated carbocycles. The van der Waals surface area contributed by atoms with Crippen molar-refractivity contribution < 1.29 is 78.6 Å². The van der Waals surface area contributed by atoms with E-state index in [1.807, 2.05) is 47.4 Å². The second-order valence-electron chi connectivity index (χ2n) is 18.5. The summed E-state index contributed by atoms with van der Waals surface area (Å²) in [7, 11) is 0. The smallest absolute Gasteiger partial charge is 0.326 e. The van der Waals surface area contributed by atoms with Crippen LogP contribution in [0.5, 0.6) is 0 Å². The molecule has 2 heterocycles. The zero-order chi connectivity index (χ0) is 52.5. The quantitative estimate of drug-likeness (QED) is 0.0501. The van der Waals surface area contributed by atoms with Crippen molar-refractivity contribution in [1.29, 1.82) is 0 Å². The molecule has 25 nitrogen and oxygen atoms in total. The van der Waals surface area contributed by atoms with Gasteiger partial charge in [0.25, 0.3) is 0 Å². The summed E-state index contributed by atoms with van der Waals surface area (Å²) in [4.78, 5) is 132. The Morgan fingerprint density at radius 2 is 1.03 bits per heavy atom. The molecular formula is C47H65N9O16. The summed E-state index contributed by atoms with van der Waals surface area (Å²) >= 11 is 0. The summed E-state index contributed by atoms with van der Waals surface area (Å²) in [6, 6.07) is 8.29. The molecule has 394 valence electrons. The maximum atomic E-state index is 13.9. The highest BCUT2D eigenvalue weighted by molar-refractivity contribution is 5.91. The molecular weight excluding hydrogens is 947 g/mol. The average molecular weight is 1010 g/mol. The average Bonchev–Trinajstić information content (AvgIpc) is 3.81. The summed E-state index contributed by atoms with van der Waals surface area (Å²) in [5.41, 5.74) is 0.780. The van der Waals surface area contributed by atoms with Crippen LogP contribution in [-0.4, -0.2) is 231 Å². The standard InChI is InChI=1S/C47H65N9O16/c57-37(25-52-13-15-53(26-39(60)61)17-19-55(28-41(64)65)20-18-54(16-14-52)27-40(62)63)56-23-32-33(24-56)42(32)44(67)49-36(22-29-8-9-30-5-1-2-6-31(30)21-29)43(66)48-12-4-3-7-34(45(68)69)50-47(72)51-35(46(70)71)10-11-38(58)59/h1-2,5-6,8-9,21,32-36,42H,3-4,7,10-20,22-28H2,(H,48,66)(H,49,67)(H,58,59)(H,60,61)(H,62,63)(H,64,65)(H,68,69)(H,70,71)(H2,50,51,72)/t32?,33?,34?,35-,36-,42?/m0/s1. The Hall–Kier alpha value is -6.96. The Labute approximate surface area is 414 Å². The van der Waals surface area contributed by atoms with Crippen LogP contribution in [-0.2, 0) is 49.6 Å². The number of nitrogens with zero attached hydrogens (tertiary/aromatic N) is 5. The highest BCUT2D eigenvalue weighted by Gasteiger charge is 2.60. The minimum atomic E-state index is -1.56. The Bertz CT molecular complexity index is 2260. The molecule has 2 saturated heterocycles. The number of carboxylic acid groups (broad SMARTS) is 6. The number of aliphatic carboxylic acids is 6. The van der Waals surface area contributed by atoms with E-state index in [4.69, 9.17) is 5.11 Å². The van der Waals surface area contributed by atoms with Crippen molar-refractivity contribution in [3.63, 3.8) is 0 Å². The van der Waals surface area contributed by atoms with E-state index in [0.29, 0.717) is 13.1 Å². The molecule has 3 unspecified atom stereocenters. The number of nitrogens with one attached hydrogen (secondary N) is 4. The van der Waals surface area contributed by atoms with Crippen LogP contribution >= 0.6 is 0 Å². The largest absolute Gasteiger partial charge is 0.481 e. The van der Waals surface area contributed by atoms with Gasteiger partial charge in [-0.3, -0.25) is 53.2 Å². The van der Waals surface area contributed by atoms with Crippen molar-refractivity contribution >= 4 is 70.3 Å². The number of rotatable bonds is 25. The maximum Gasteiger partial charge on any atom is 0.326 e. The van der Waals surface area contributed by atoms with Crippen molar-refractivity contribution in [2.45, 2.75) is 56.7 Å². The van der Waals surface area contributed by atoms with Crippen molar-refractivity contribution in [2.75, 3.05) is 98.2 Å². The molecule has 5 atom stereocenters. The molecule has 0 aromatic heterocycles. The molecule has 0 spiro atoms. The van der Waals surface area contributed by atoms with Crippen LogP contribution < -0.4 is 21.3 Å². The number of urea groups is 1. The van der Waals surface area contributed by atoms with Gasteiger partial charge in [-0.1, -0.05) is 42.5 Å². The summed E-state index contributed by atoms with van der Waals surface area (Å²) in [6.07, 6.45) is -0.414. The van der Waals surface area contributed by atoms with Crippen LogP contribution in [0.4, 0.5) is 4.79 Å². The third kappa shape index (κ3) is 18.0. The fraction of sp³-hybridized carbons (Fsp3) is 0.574. The van der Waals surface area contributed by atoms with E-state index in [2.05, 4.69) is 21.3 Å². The number of likely N-dealkylation sites (tertiary alicyclic amines) is 1. The number of carbonyl (C=O) groups is 10. The zero-order valence-corrected chi connectivity index (χ0v) is 39.9. The first-order chi connectivity index (χ1) is 34.3. The molecule has 3 aliphatic rings. The Balaban J connectivity index is 1.16. The zero-order valence-electron chi connectivity index (χ0n) is 39.9. The van der Waals surface area contributed by atoms with Crippen LogP contribution in [0.3, 0.4) is 0 Å². The van der Waals surface area contributed by atoms with Gasteiger partial charge in [-0.2, -0.15) is 0 Å². The van der Waals surface area contributed by atoms with Crippen LogP contribution in [0.25, 0.3) is 10.8 Å². The molecule has 2 aliphatic heterocycles. The van der Waals surface area contributed by atoms with E-state index in [9.17, 15) is 73.5 Å². The third-order valence-corrected chi connectivity index (χ3v) is 13.2. The molecule has 1 aliphatic carbocycles. The number of fused-ring (bicyclic) bond motifs is 2. The molecule has 5 rings (SSSR count). The van der Waals surface area contributed by atoms with Gasteiger partial charge in [0, 0.05) is 90.8 Å². The van der Waals surface area contributed by atoms with Gasteiger partial charge < -0.3 is 56.8 Å². The summed E-state index contributed by atoms with van der Waals surface area (Å²) in [6.45, 7) is 1.76. The topological polar surface area (TPSA) is 356 Å². The summed E-state index contributed by atoms with van der Waals surface area (Å²) < 4.78 is 0. The van der Waals surface area contributed by atoms with Gasteiger partial charge >= 0.3 is 41.8 Å². The van der Waals surface area contributed by atoms with E-state index in [1.54, 1.807) is 19.6 Å². The van der Waals surface area contributed by atoms with Gasteiger partial charge in [0.15, 0.2) is 0 Å². The Morgan fingerprint density at radius 3 is 1.51 bits per heavy atom. The lowest BCUT2D eigenvalue weighted by Gasteiger charge is -2.33. The normalized spacial score (nSPS) is 20.3. The molecule has 72 heavy (non-hydrogen) atoms. The predicted octanol–water partition coefficient (Wildman–Crippen LogP) is -1.60. The van der Waals surface area contributed by atoms with E-state index >= 15 is 0 Å². The number of hydrogen-bond acceptors (Lipinski definition) is 14. The van der Waals surface area contributed by atoms with Crippen LogP contribution in [0.2, 0.25) is 0 Å². The SMILES string of the molecule is O=C(O)CC[C@H](NC(=O)NC(CCCCNC(=O)[C@H](Cc1ccc2ccccc2c1)NC(=O)C1C2CN(C(=O)CN3CCN(CC(=O)O)CCN(CC(=O)O)CCN(CC(=O)O)CC3)CC21)C(=O)O)C(=O)O. The van der Waals surface area contributed by atoms with Crippen LogP contribution in [0.1, 0.15) is 37.7 Å². The highest BCUT2D eigenvalue weighted by atomic mass is 16.4. The molecule has 3 fully saturated rings. The highest BCUT2D eigenvalue weighted by Crippen LogP contribution is 2.51. The molecule has 10 N–H and O–H groups in total. The molecule has 0 bridgehead atoms. The lowest BCUT2D eigenvalue weighted by molar-refractivity contribution is -0.141.